The maximum Gasteiger partial charge on any atom is 0.250 e. The standard InChI is InChI=1S/C13H16F2N2/c1-9-10-5-3-4-6-11(10)17(2)12(9)7-16-8-13(14)15/h3-6,13,16H,7-8H2,1-2H3. The molecule has 0 amide bonds. The molecule has 4 heteroatoms. The molecule has 1 aromatic heterocycles. The van der Waals surface area contributed by atoms with Crippen molar-refractivity contribution in [2.75, 3.05) is 6.54 Å². The minimum atomic E-state index is -2.30. The number of benzene rings is 1. The number of aryl methyl sites for hydroxylation is 2. The molecule has 0 fully saturated rings. The van der Waals surface area contributed by atoms with Crippen molar-refractivity contribution in [3.63, 3.8) is 0 Å². The van der Waals surface area contributed by atoms with E-state index in [2.05, 4.69) is 16.0 Å². The summed E-state index contributed by atoms with van der Waals surface area (Å²) in [5.74, 6) is 0. The fourth-order valence-electron chi connectivity index (χ4n) is 2.19. The molecule has 2 aromatic rings. The lowest BCUT2D eigenvalue weighted by molar-refractivity contribution is 0.145. The molecule has 2 rings (SSSR count). The fraction of sp³-hybridized carbons (Fsp3) is 0.385. The third kappa shape index (κ3) is 2.31. The molecule has 0 atom stereocenters. The van der Waals surface area contributed by atoms with Crippen LogP contribution in [0.3, 0.4) is 0 Å². The molecule has 0 radical (unpaired) electrons. The van der Waals surface area contributed by atoms with E-state index < -0.39 is 6.43 Å². The maximum atomic E-state index is 12.1. The van der Waals surface area contributed by atoms with E-state index in [9.17, 15) is 8.78 Å². The van der Waals surface area contributed by atoms with Crippen molar-refractivity contribution in [1.82, 2.24) is 9.88 Å². The molecule has 0 aliphatic heterocycles. The molecule has 2 nitrogen and oxygen atoms in total. The maximum absolute atomic E-state index is 12.1. The topological polar surface area (TPSA) is 17.0 Å². The minimum absolute atomic E-state index is 0.263. The van der Waals surface area contributed by atoms with Gasteiger partial charge in [0.25, 0.3) is 6.43 Å². The summed E-state index contributed by atoms with van der Waals surface area (Å²) in [7, 11) is 1.97. The number of para-hydroxylation sites is 1. The van der Waals surface area contributed by atoms with Crippen molar-refractivity contribution in [2.45, 2.75) is 19.9 Å². The SMILES string of the molecule is Cc1c(CNCC(F)F)n(C)c2ccccc12. The van der Waals surface area contributed by atoms with Crippen LogP contribution in [0.1, 0.15) is 11.3 Å². The van der Waals surface area contributed by atoms with Crippen LogP contribution >= 0.6 is 0 Å². The number of alkyl halides is 2. The Morgan fingerprint density at radius 1 is 1.29 bits per heavy atom. The lowest BCUT2D eigenvalue weighted by Crippen LogP contribution is -2.22. The predicted octanol–water partition coefficient (Wildman–Crippen LogP) is 2.84. The van der Waals surface area contributed by atoms with E-state index >= 15 is 0 Å². The molecule has 1 N–H and O–H groups in total. The van der Waals surface area contributed by atoms with Crippen LogP contribution in [0.25, 0.3) is 10.9 Å². The summed E-state index contributed by atoms with van der Waals surface area (Å²) in [6, 6.07) is 8.07. The molecule has 0 spiro atoms. The molecule has 1 aromatic carbocycles. The highest BCUT2D eigenvalue weighted by Crippen LogP contribution is 2.24. The Morgan fingerprint density at radius 2 is 2.00 bits per heavy atom. The van der Waals surface area contributed by atoms with Gasteiger partial charge < -0.3 is 9.88 Å². The second-order valence-electron chi connectivity index (χ2n) is 4.17. The normalized spacial score (nSPS) is 11.6. The zero-order valence-electron chi connectivity index (χ0n) is 10.0. The van der Waals surface area contributed by atoms with Crippen LogP contribution in [0.2, 0.25) is 0 Å². The van der Waals surface area contributed by atoms with Gasteiger partial charge in [0, 0.05) is 30.2 Å². The largest absolute Gasteiger partial charge is 0.346 e. The van der Waals surface area contributed by atoms with E-state index in [4.69, 9.17) is 0 Å². The van der Waals surface area contributed by atoms with Gasteiger partial charge in [-0.15, -0.1) is 0 Å². The quantitative estimate of drug-likeness (QED) is 0.866. The Balaban J connectivity index is 2.28. The van der Waals surface area contributed by atoms with Crippen LogP contribution in [0.4, 0.5) is 8.78 Å². The monoisotopic (exact) mass is 238 g/mol. The molecule has 0 saturated heterocycles. The first-order valence-corrected chi connectivity index (χ1v) is 5.63. The van der Waals surface area contributed by atoms with Gasteiger partial charge in [-0.05, 0) is 18.6 Å². The fourth-order valence-corrected chi connectivity index (χ4v) is 2.19. The Bertz CT molecular complexity index is 478. The molecule has 1 heterocycles. The minimum Gasteiger partial charge on any atom is -0.346 e. The first kappa shape index (κ1) is 12.0. The molecule has 0 aliphatic rings. The Labute approximate surface area is 99.2 Å². The van der Waals surface area contributed by atoms with E-state index in [1.54, 1.807) is 0 Å². The molecular formula is C13H16F2N2. The van der Waals surface area contributed by atoms with Gasteiger partial charge in [0.1, 0.15) is 0 Å². The second kappa shape index (κ2) is 4.84. The van der Waals surface area contributed by atoms with Crippen molar-refractivity contribution in [2.24, 2.45) is 7.05 Å². The first-order valence-electron chi connectivity index (χ1n) is 5.63. The van der Waals surface area contributed by atoms with Crippen LogP contribution in [0.15, 0.2) is 24.3 Å². The number of nitrogens with one attached hydrogen (secondary N) is 1. The number of aromatic nitrogens is 1. The van der Waals surface area contributed by atoms with Gasteiger partial charge >= 0.3 is 0 Å². The second-order valence-corrected chi connectivity index (χ2v) is 4.17. The number of hydrogen-bond acceptors (Lipinski definition) is 1. The van der Waals surface area contributed by atoms with E-state index in [0.717, 1.165) is 16.8 Å². The average Bonchev–Trinajstić information content (AvgIpc) is 2.54. The summed E-state index contributed by atoms with van der Waals surface area (Å²) in [5, 5.41) is 3.96. The predicted molar refractivity (Wildman–Crippen MR) is 65.4 cm³/mol. The van der Waals surface area contributed by atoms with E-state index in [0.29, 0.717) is 6.54 Å². The number of halogens is 2. The van der Waals surface area contributed by atoms with Crippen molar-refractivity contribution in [3.05, 3.63) is 35.5 Å². The summed E-state index contributed by atoms with van der Waals surface area (Å²) in [5.41, 5.74) is 3.36. The molecule has 0 saturated carbocycles. The number of nitrogens with zero attached hydrogens (tertiary/aromatic N) is 1. The summed E-state index contributed by atoms with van der Waals surface area (Å²) >= 11 is 0. The Hall–Kier alpha value is -1.42. The Kier molecular flexibility index (Phi) is 3.43. The van der Waals surface area contributed by atoms with Crippen LogP contribution < -0.4 is 5.32 Å². The van der Waals surface area contributed by atoms with Crippen LogP contribution in [0, 0.1) is 6.92 Å². The average molecular weight is 238 g/mol. The van der Waals surface area contributed by atoms with E-state index in [1.165, 1.54) is 5.39 Å². The van der Waals surface area contributed by atoms with Crippen LogP contribution in [-0.4, -0.2) is 17.5 Å². The number of hydrogen-bond donors (Lipinski definition) is 1. The lowest BCUT2D eigenvalue weighted by atomic mass is 10.1. The highest BCUT2D eigenvalue weighted by atomic mass is 19.3. The van der Waals surface area contributed by atoms with Gasteiger partial charge in [0.2, 0.25) is 0 Å². The third-order valence-electron chi connectivity index (χ3n) is 3.10. The van der Waals surface area contributed by atoms with Gasteiger partial charge in [-0.1, -0.05) is 18.2 Å². The highest BCUT2D eigenvalue weighted by Gasteiger charge is 2.11. The van der Waals surface area contributed by atoms with Crippen LogP contribution in [0.5, 0.6) is 0 Å². The molecule has 17 heavy (non-hydrogen) atoms. The van der Waals surface area contributed by atoms with Crippen molar-refractivity contribution < 1.29 is 8.78 Å². The highest BCUT2D eigenvalue weighted by molar-refractivity contribution is 5.85. The summed E-state index contributed by atoms with van der Waals surface area (Å²) in [6.45, 7) is 2.24. The van der Waals surface area contributed by atoms with Crippen LogP contribution in [-0.2, 0) is 13.6 Å². The molecular weight excluding hydrogens is 222 g/mol. The molecule has 0 unspecified atom stereocenters. The molecule has 92 valence electrons. The van der Waals surface area contributed by atoms with Crippen molar-refractivity contribution in [3.8, 4) is 0 Å². The van der Waals surface area contributed by atoms with Crippen molar-refractivity contribution >= 4 is 10.9 Å². The molecule has 0 bridgehead atoms. The van der Waals surface area contributed by atoms with Crippen molar-refractivity contribution in [1.29, 1.82) is 0 Å². The number of rotatable bonds is 4. The van der Waals surface area contributed by atoms with Gasteiger partial charge in [0.05, 0.1) is 6.54 Å². The first-order chi connectivity index (χ1) is 8.11. The number of fused-ring (bicyclic) bond motifs is 1. The lowest BCUT2D eigenvalue weighted by Gasteiger charge is -2.07. The van der Waals surface area contributed by atoms with E-state index in [1.807, 2.05) is 32.2 Å². The zero-order chi connectivity index (χ0) is 12.4. The Morgan fingerprint density at radius 3 is 2.65 bits per heavy atom. The summed E-state index contributed by atoms with van der Waals surface area (Å²) in [6.07, 6.45) is -2.30. The smallest absolute Gasteiger partial charge is 0.250 e. The van der Waals surface area contributed by atoms with Gasteiger partial charge in [-0.25, -0.2) is 8.78 Å². The zero-order valence-corrected chi connectivity index (χ0v) is 10.0. The van der Waals surface area contributed by atoms with Gasteiger partial charge in [-0.3, -0.25) is 0 Å². The third-order valence-corrected chi connectivity index (χ3v) is 3.10. The molecule has 0 aliphatic carbocycles. The summed E-state index contributed by atoms with van der Waals surface area (Å²) < 4.78 is 26.2. The summed E-state index contributed by atoms with van der Waals surface area (Å²) in [4.78, 5) is 0. The van der Waals surface area contributed by atoms with Gasteiger partial charge in [0.15, 0.2) is 0 Å². The van der Waals surface area contributed by atoms with E-state index in [-0.39, 0.29) is 6.54 Å². The van der Waals surface area contributed by atoms with Gasteiger partial charge in [-0.2, -0.15) is 0 Å².